The molecule has 0 bridgehead atoms. The Morgan fingerprint density at radius 3 is 2.86 bits per heavy atom. The van der Waals surface area contributed by atoms with Gasteiger partial charge in [-0.2, -0.15) is 0 Å². The van der Waals surface area contributed by atoms with Crippen LogP contribution in [0.2, 0.25) is 0 Å². The molecule has 0 N–H and O–H groups in total. The lowest BCUT2D eigenvalue weighted by atomic mass is 9.78. The molecule has 0 radical (unpaired) electrons. The van der Waals surface area contributed by atoms with E-state index in [0.29, 0.717) is 6.04 Å². The quantitative estimate of drug-likeness (QED) is 0.681. The highest BCUT2D eigenvalue weighted by atomic mass is 79.9. The van der Waals surface area contributed by atoms with Crippen LogP contribution in [0.1, 0.15) is 38.5 Å². The van der Waals surface area contributed by atoms with Crippen LogP contribution >= 0.6 is 27.3 Å². The Labute approximate surface area is 143 Å². The van der Waals surface area contributed by atoms with Crippen LogP contribution in [0.5, 0.6) is 0 Å². The highest BCUT2D eigenvalue weighted by molar-refractivity contribution is 9.10. The average molecular weight is 378 g/mol. The molecule has 22 heavy (non-hydrogen) atoms. The van der Waals surface area contributed by atoms with E-state index in [1.165, 1.54) is 38.5 Å². The monoisotopic (exact) mass is 377 g/mol. The highest BCUT2D eigenvalue weighted by Crippen LogP contribution is 2.37. The summed E-state index contributed by atoms with van der Waals surface area (Å²) in [6.45, 7) is 1.04. The maximum atomic E-state index is 13.0. The van der Waals surface area contributed by atoms with Crippen molar-refractivity contribution in [2.24, 2.45) is 5.92 Å². The van der Waals surface area contributed by atoms with Gasteiger partial charge in [0.1, 0.15) is 0 Å². The van der Waals surface area contributed by atoms with Crippen LogP contribution in [0.4, 0.5) is 5.69 Å². The third kappa shape index (κ3) is 2.50. The summed E-state index contributed by atoms with van der Waals surface area (Å²) < 4.78 is 2.06. The summed E-state index contributed by atoms with van der Waals surface area (Å²) in [4.78, 5) is 15.4. The van der Waals surface area contributed by atoms with Crippen molar-refractivity contribution in [1.29, 1.82) is 0 Å². The molecule has 2 aromatic rings. The van der Waals surface area contributed by atoms with Crippen molar-refractivity contribution >= 4 is 43.0 Å². The van der Waals surface area contributed by atoms with Crippen molar-refractivity contribution in [3.05, 3.63) is 38.3 Å². The lowest BCUT2D eigenvalue weighted by Crippen LogP contribution is -2.48. The fourth-order valence-electron chi connectivity index (χ4n) is 4.22. The van der Waals surface area contributed by atoms with Crippen LogP contribution in [-0.2, 0) is 0 Å². The molecule has 1 saturated heterocycles. The molecule has 4 rings (SSSR count). The van der Waals surface area contributed by atoms with Gasteiger partial charge in [-0.15, -0.1) is 11.3 Å². The molecule has 2 nitrogen and oxygen atoms in total. The van der Waals surface area contributed by atoms with E-state index in [9.17, 15) is 4.79 Å². The smallest absolute Gasteiger partial charge is 0.211 e. The minimum Gasteiger partial charge on any atom is -0.364 e. The fraction of sp³-hybridized carbons (Fsp3) is 0.500. The first-order chi connectivity index (χ1) is 10.7. The minimum atomic E-state index is 0.210. The van der Waals surface area contributed by atoms with Gasteiger partial charge in [0.2, 0.25) is 5.43 Å². The number of anilines is 1. The zero-order valence-electron chi connectivity index (χ0n) is 12.6. The van der Waals surface area contributed by atoms with Crippen molar-refractivity contribution in [2.75, 3.05) is 11.4 Å². The van der Waals surface area contributed by atoms with Crippen molar-refractivity contribution in [2.45, 2.75) is 44.6 Å². The van der Waals surface area contributed by atoms with E-state index in [1.807, 2.05) is 18.2 Å². The molecule has 1 aromatic carbocycles. The van der Waals surface area contributed by atoms with Crippen molar-refractivity contribution in [1.82, 2.24) is 0 Å². The molecule has 1 saturated carbocycles. The fourth-order valence-corrected chi connectivity index (χ4v) is 5.48. The zero-order chi connectivity index (χ0) is 15.1. The molecule has 1 aliphatic heterocycles. The van der Waals surface area contributed by atoms with Crippen molar-refractivity contribution in [3.8, 4) is 0 Å². The molecule has 1 aromatic heterocycles. The first kappa shape index (κ1) is 14.7. The van der Waals surface area contributed by atoms with E-state index in [4.69, 9.17) is 0 Å². The zero-order valence-corrected chi connectivity index (χ0v) is 15.0. The van der Waals surface area contributed by atoms with Gasteiger partial charge in [-0.25, -0.2) is 0 Å². The SMILES string of the molecule is O=c1c(N2CCC[C@H]3CCCC[C@@H]32)csc2ccc(Br)cc12. The van der Waals surface area contributed by atoms with Crippen LogP contribution in [0.3, 0.4) is 0 Å². The van der Waals surface area contributed by atoms with Gasteiger partial charge in [0.25, 0.3) is 0 Å². The molecule has 0 spiro atoms. The third-order valence-corrected chi connectivity index (χ3v) is 6.71. The largest absolute Gasteiger partial charge is 0.364 e. The lowest BCUT2D eigenvalue weighted by molar-refractivity contribution is 0.243. The van der Waals surface area contributed by atoms with E-state index in [1.54, 1.807) is 11.3 Å². The third-order valence-electron chi connectivity index (χ3n) is 5.27. The molecule has 4 heteroatoms. The molecular weight excluding hydrogens is 358 g/mol. The molecule has 1 aliphatic carbocycles. The van der Waals surface area contributed by atoms with Gasteiger partial charge in [0.15, 0.2) is 0 Å². The summed E-state index contributed by atoms with van der Waals surface area (Å²) in [5, 5.41) is 2.95. The molecule has 2 fully saturated rings. The molecule has 2 atom stereocenters. The van der Waals surface area contributed by atoms with Crippen LogP contribution < -0.4 is 10.3 Å². The summed E-state index contributed by atoms with van der Waals surface area (Å²) in [7, 11) is 0. The Kier molecular flexibility index (Phi) is 3.99. The molecule has 2 aliphatic rings. The van der Waals surface area contributed by atoms with Crippen LogP contribution in [0.25, 0.3) is 10.1 Å². The Bertz CT molecular complexity index is 754. The van der Waals surface area contributed by atoms with E-state index in [-0.39, 0.29) is 5.43 Å². The van der Waals surface area contributed by atoms with E-state index >= 15 is 0 Å². The normalized spacial score (nSPS) is 25.2. The molecule has 0 unspecified atom stereocenters. The Morgan fingerprint density at radius 1 is 1.14 bits per heavy atom. The van der Waals surface area contributed by atoms with Gasteiger partial charge in [-0.1, -0.05) is 28.8 Å². The first-order valence-electron chi connectivity index (χ1n) is 8.22. The number of fused-ring (bicyclic) bond motifs is 2. The molecule has 2 heterocycles. The van der Waals surface area contributed by atoms with Crippen LogP contribution in [-0.4, -0.2) is 12.6 Å². The van der Waals surface area contributed by atoms with Gasteiger partial charge in [0.05, 0.1) is 5.69 Å². The molecule has 0 amide bonds. The van der Waals surface area contributed by atoms with E-state index in [2.05, 4.69) is 26.2 Å². The predicted molar refractivity (Wildman–Crippen MR) is 98.1 cm³/mol. The second-order valence-electron chi connectivity index (χ2n) is 6.54. The van der Waals surface area contributed by atoms with Crippen LogP contribution in [0.15, 0.2) is 32.8 Å². The van der Waals surface area contributed by atoms with E-state index < -0.39 is 0 Å². The van der Waals surface area contributed by atoms with Gasteiger partial charge in [-0.05, 0) is 49.8 Å². The number of hydrogen-bond donors (Lipinski definition) is 0. The number of hydrogen-bond acceptors (Lipinski definition) is 3. The topological polar surface area (TPSA) is 20.3 Å². The Hall–Kier alpha value is -0.870. The summed E-state index contributed by atoms with van der Waals surface area (Å²) in [6, 6.07) is 6.61. The number of rotatable bonds is 1. The van der Waals surface area contributed by atoms with Crippen molar-refractivity contribution in [3.63, 3.8) is 0 Å². The second-order valence-corrected chi connectivity index (χ2v) is 8.36. The van der Waals surface area contributed by atoms with Crippen molar-refractivity contribution < 1.29 is 0 Å². The highest BCUT2D eigenvalue weighted by Gasteiger charge is 2.34. The Balaban J connectivity index is 1.79. The number of piperidine rings is 1. The van der Waals surface area contributed by atoms with Gasteiger partial charge in [-0.3, -0.25) is 4.79 Å². The van der Waals surface area contributed by atoms with Crippen LogP contribution in [0, 0.1) is 5.92 Å². The van der Waals surface area contributed by atoms with E-state index in [0.717, 1.165) is 32.7 Å². The van der Waals surface area contributed by atoms with Gasteiger partial charge < -0.3 is 4.90 Å². The molecule has 116 valence electrons. The summed E-state index contributed by atoms with van der Waals surface area (Å²) >= 11 is 5.19. The standard InChI is InChI=1S/C18H20BrNOS/c19-13-7-8-17-14(10-13)18(21)16(11-22-17)20-9-3-5-12-4-1-2-6-15(12)20/h7-8,10-12,15H,1-6,9H2/t12-,15+/m1/s1. The summed E-state index contributed by atoms with van der Waals surface area (Å²) in [5.74, 6) is 0.796. The molecular formula is C18H20BrNOS. The number of halogens is 1. The van der Waals surface area contributed by atoms with Gasteiger partial charge >= 0.3 is 0 Å². The average Bonchev–Trinajstić information content (AvgIpc) is 2.55. The summed E-state index contributed by atoms with van der Waals surface area (Å²) in [6.07, 6.45) is 7.85. The number of benzene rings is 1. The van der Waals surface area contributed by atoms with Gasteiger partial charge in [0, 0.05) is 32.5 Å². The predicted octanol–water partition coefficient (Wildman–Crippen LogP) is 5.18. The maximum Gasteiger partial charge on any atom is 0.211 e. The second kappa shape index (κ2) is 5.97. The lowest BCUT2D eigenvalue weighted by Gasteiger charge is -2.45. The summed E-state index contributed by atoms with van der Waals surface area (Å²) in [5.41, 5.74) is 1.15. The Morgan fingerprint density at radius 2 is 1.95 bits per heavy atom. The maximum absolute atomic E-state index is 13.0. The first-order valence-corrected chi connectivity index (χ1v) is 9.89. The number of nitrogens with zero attached hydrogens (tertiary/aromatic N) is 1. The minimum absolute atomic E-state index is 0.210.